The molecule has 1 atom stereocenters. The summed E-state index contributed by atoms with van der Waals surface area (Å²) in [6.45, 7) is 4.61. The van der Waals surface area contributed by atoms with Crippen LogP contribution in [0, 0.1) is 0 Å². The molecule has 0 radical (unpaired) electrons. The molecular formula is C69H45BN2S. The first-order valence-electron chi connectivity index (χ1n) is 25.9. The van der Waals surface area contributed by atoms with E-state index in [1.165, 1.54) is 138 Å². The van der Waals surface area contributed by atoms with Crippen molar-refractivity contribution in [3.05, 3.63) is 280 Å². The molecule has 0 N–H and O–H groups in total. The first-order valence-corrected chi connectivity index (χ1v) is 26.7. The van der Waals surface area contributed by atoms with Gasteiger partial charge in [-0.3, -0.25) is 0 Å². The molecule has 0 bridgehead atoms. The molecule has 2 spiro atoms. The normalized spacial score (nSPS) is 16.6. The maximum atomic E-state index is 2.65. The van der Waals surface area contributed by atoms with E-state index < -0.39 is 10.8 Å². The number of thiophene rings is 1. The summed E-state index contributed by atoms with van der Waals surface area (Å²) in [7, 11) is 0. The molecule has 73 heavy (non-hydrogen) atoms. The van der Waals surface area contributed by atoms with Gasteiger partial charge >= 0.3 is 0 Å². The van der Waals surface area contributed by atoms with Crippen molar-refractivity contribution in [3.63, 3.8) is 0 Å². The van der Waals surface area contributed by atoms with E-state index >= 15 is 0 Å². The highest BCUT2D eigenvalue weighted by molar-refractivity contribution is 7.30. The minimum absolute atomic E-state index is 0.0486. The second kappa shape index (κ2) is 14.2. The lowest BCUT2D eigenvalue weighted by Gasteiger charge is -2.44. The first kappa shape index (κ1) is 40.2. The molecule has 2 aliphatic heterocycles. The van der Waals surface area contributed by atoms with Crippen molar-refractivity contribution in [3.8, 4) is 44.5 Å². The number of anilines is 6. The van der Waals surface area contributed by atoms with Crippen LogP contribution in [0.15, 0.2) is 231 Å². The van der Waals surface area contributed by atoms with Gasteiger partial charge < -0.3 is 9.80 Å². The Labute approximate surface area is 430 Å². The van der Waals surface area contributed by atoms with E-state index in [0.29, 0.717) is 5.92 Å². The average Bonchev–Trinajstić information content (AvgIpc) is 4.33. The van der Waals surface area contributed by atoms with Gasteiger partial charge in [-0.15, -0.1) is 11.3 Å². The summed E-state index contributed by atoms with van der Waals surface area (Å²) in [6.07, 6.45) is 0. The number of rotatable bonds is 3. The molecule has 1 unspecified atom stereocenters. The second-order valence-corrected chi connectivity index (χ2v) is 22.2. The van der Waals surface area contributed by atoms with E-state index in [1.807, 2.05) is 0 Å². The first-order chi connectivity index (χ1) is 36.1. The minimum atomic E-state index is -0.493. The molecule has 0 saturated carbocycles. The summed E-state index contributed by atoms with van der Waals surface area (Å²) in [5, 5.41) is 0. The molecular weight excluding hydrogens is 900 g/mol. The Morgan fingerprint density at radius 3 is 1.44 bits per heavy atom. The molecule has 4 heteroatoms. The Morgan fingerprint density at radius 2 is 0.849 bits per heavy atom. The lowest BCUT2D eigenvalue weighted by molar-refractivity contribution is 0.784. The Kier molecular flexibility index (Phi) is 7.80. The van der Waals surface area contributed by atoms with Crippen LogP contribution in [0.1, 0.15) is 69.2 Å². The monoisotopic (exact) mass is 944 g/mol. The largest absolute Gasteiger partial charge is 0.311 e. The topological polar surface area (TPSA) is 6.48 Å². The Hall–Kier alpha value is -8.44. The fourth-order valence-corrected chi connectivity index (χ4v) is 16.6. The van der Waals surface area contributed by atoms with Crippen LogP contribution in [0.4, 0.5) is 34.1 Å². The molecule has 4 aliphatic carbocycles. The van der Waals surface area contributed by atoms with Gasteiger partial charge in [0.25, 0.3) is 6.71 Å². The second-order valence-electron chi connectivity index (χ2n) is 21.1. The van der Waals surface area contributed by atoms with Gasteiger partial charge in [0, 0.05) is 43.7 Å². The van der Waals surface area contributed by atoms with Gasteiger partial charge in [-0.2, -0.15) is 0 Å². The molecule has 0 fully saturated rings. The van der Waals surface area contributed by atoms with Crippen LogP contribution in [0.3, 0.4) is 0 Å². The average molecular weight is 945 g/mol. The zero-order valence-corrected chi connectivity index (χ0v) is 41.2. The Bertz CT molecular complexity index is 4180. The number of para-hydroxylation sites is 2. The SMILES string of the molecule is CC(C)c1ccc2c(c1)C1(c3ccccc3-2)c2ccccc2-c2cc3c(cc21)N(c1ccccc1)c1cccc2c1B3c1sc3c(c1N2c1ccccc1)-c1ccccc1C31c2ccccc2-c2ccccc21. The van der Waals surface area contributed by atoms with Crippen LogP contribution in [0.2, 0.25) is 0 Å². The molecule has 1 aromatic heterocycles. The fourth-order valence-electron chi connectivity index (χ4n) is 14.9. The van der Waals surface area contributed by atoms with Crippen molar-refractivity contribution in [2.45, 2.75) is 30.6 Å². The van der Waals surface area contributed by atoms with Crippen molar-refractivity contribution in [2.75, 3.05) is 9.80 Å². The highest BCUT2D eigenvalue weighted by Crippen LogP contribution is 2.68. The highest BCUT2D eigenvalue weighted by atomic mass is 32.1. The quantitative estimate of drug-likeness (QED) is 0.163. The summed E-state index contributed by atoms with van der Waals surface area (Å²) in [5.41, 5.74) is 30.8. The summed E-state index contributed by atoms with van der Waals surface area (Å²) >= 11 is 2.07. The van der Waals surface area contributed by atoms with Crippen LogP contribution in [-0.2, 0) is 10.8 Å². The summed E-state index contributed by atoms with van der Waals surface area (Å²) in [6, 6.07) is 88.4. The molecule has 0 amide bonds. The summed E-state index contributed by atoms with van der Waals surface area (Å²) in [4.78, 5) is 6.65. The predicted octanol–water partition coefficient (Wildman–Crippen LogP) is 15.6. The zero-order valence-electron chi connectivity index (χ0n) is 40.4. The van der Waals surface area contributed by atoms with Gasteiger partial charge in [-0.1, -0.05) is 202 Å². The van der Waals surface area contributed by atoms with Crippen LogP contribution >= 0.6 is 11.3 Å². The van der Waals surface area contributed by atoms with E-state index in [2.05, 4.69) is 266 Å². The predicted molar refractivity (Wildman–Crippen MR) is 305 cm³/mol. The van der Waals surface area contributed by atoms with Crippen molar-refractivity contribution in [1.29, 1.82) is 0 Å². The number of benzene rings is 10. The number of nitrogens with zero attached hydrogens (tertiary/aromatic N) is 2. The van der Waals surface area contributed by atoms with Gasteiger partial charge in [0.2, 0.25) is 0 Å². The maximum absolute atomic E-state index is 2.65. The van der Waals surface area contributed by atoms with Crippen molar-refractivity contribution < 1.29 is 0 Å². The van der Waals surface area contributed by atoms with Crippen LogP contribution in [-0.4, -0.2) is 6.71 Å². The minimum Gasteiger partial charge on any atom is -0.311 e. The van der Waals surface area contributed by atoms with Crippen molar-refractivity contribution in [2.24, 2.45) is 0 Å². The van der Waals surface area contributed by atoms with Gasteiger partial charge in [0.15, 0.2) is 0 Å². The molecule has 6 aliphatic rings. The third-order valence-corrected chi connectivity index (χ3v) is 19.0. The van der Waals surface area contributed by atoms with E-state index in [4.69, 9.17) is 0 Å². The third kappa shape index (κ3) is 4.74. The molecule has 3 heterocycles. The Balaban J connectivity index is 1.02. The van der Waals surface area contributed by atoms with Gasteiger partial charge in [-0.25, -0.2) is 0 Å². The van der Waals surface area contributed by atoms with Gasteiger partial charge in [0.1, 0.15) is 0 Å². The highest BCUT2D eigenvalue weighted by Gasteiger charge is 2.58. The lowest BCUT2D eigenvalue weighted by Crippen LogP contribution is -2.60. The van der Waals surface area contributed by atoms with Gasteiger partial charge in [0.05, 0.1) is 16.5 Å². The number of hydrogen-bond acceptors (Lipinski definition) is 3. The van der Waals surface area contributed by atoms with Gasteiger partial charge in [-0.05, 0) is 143 Å². The van der Waals surface area contributed by atoms with E-state index in [9.17, 15) is 0 Å². The fraction of sp³-hybridized carbons (Fsp3) is 0.0725. The summed E-state index contributed by atoms with van der Waals surface area (Å²) < 4.78 is 1.40. The lowest BCUT2D eigenvalue weighted by atomic mass is 9.36. The molecule has 11 aromatic rings. The summed E-state index contributed by atoms with van der Waals surface area (Å²) in [5.74, 6) is 0.394. The third-order valence-electron chi connectivity index (χ3n) is 17.6. The molecule has 17 rings (SSSR count). The van der Waals surface area contributed by atoms with Crippen LogP contribution < -0.4 is 25.5 Å². The zero-order chi connectivity index (χ0) is 47.9. The smallest absolute Gasteiger partial charge is 0.264 e. The van der Waals surface area contributed by atoms with E-state index in [1.54, 1.807) is 0 Å². The standard InChI is InChI=1S/C69H45BN2S/c1-41(2)42-36-37-49-47-26-9-14-29-52(47)68(57(49)38-42)53-30-15-12-27-48(53)51-39-59-62(40-58(51)68)71(43-20-5-3-6-21-43)60-34-19-35-61-64(60)70(59)67-65(72(61)44-22-7-4-8-23-44)63-50-28-13-18-33-56(50)69(66(63)73-67)54-31-16-10-24-45(54)46-25-11-17-32-55(46)69/h3-41H,1-2H3. The van der Waals surface area contributed by atoms with E-state index in [-0.39, 0.29) is 6.71 Å². The molecule has 10 aromatic carbocycles. The van der Waals surface area contributed by atoms with Crippen LogP contribution in [0.5, 0.6) is 0 Å². The van der Waals surface area contributed by atoms with E-state index in [0.717, 1.165) is 5.69 Å². The maximum Gasteiger partial charge on any atom is 0.264 e. The Morgan fingerprint density at radius 1 is 0.384 bits per heavy atom. The number of hydrogen-bond donors (Lipinski definition) is 0. The molecule has 340 valence electrons. The van der Waals surface area contributed by atoms with Crippen molar-refractivity contribution >= 4 is 67.9 Å². The molecule has 2 nitrogen and oxygen atoms in total. The van der Waals surface area contributed by atoms with Crippen molar-refractivity contribution in [1.82, 2.24) is 0 Å². The number of fused-ring (bicyclic) bond motifs is 25. The van der Waals surface area contributed by atoms with Crippen LogP contribution in [0.25, 0.3) is 44.5 Å². The molecule has 0 saturated heterocycles.